The highest BCUT2D eigenvalue weighted by atomic mass is 16.5. The summed E-state index contributed by atoms with van der Waals surface area (Å²) in [5.41, 5.74) is 10.5. The zero-order valence-electron chi connectivity index (χ0n) is 37.8. The number of primary amides is 1. The predicted octanol–water partition coefficient (Wildman–Crippen LogP) is 4.39. The molecule has 2 fully saturated rings. The first kappa shape index (κ1) is 46.2. The van der Waals surface area contributed by atoms with Crippen molar-refractivity contribution in [3.05, 3.63) is 107 Å². The summed E-state index contributed by atoms with van der Waals surface area (Å²) in [6.45, 7) is 5.17. The Hall–Kier alpha value is -6.96. The first-order valence-electron chi connectivity index (χ1n) is 23.4. The van der Waals surface area contributed by atoms with E-state index in [9.17, 15) is 24.0 Å². The maximum absolute atomic E-state index is 13.5. The summed E-state index contributed by atoms with van der Waals surface area (Å²) in [6.07, 6.45) is 6.08. The van der Waals surface area contributed by atoms with E-state index in [-0.39, 0.29) is 41.8 Å². The molecule has 6 heterocycles. The molecule has 0 spiro atoms. The number of ether oxygens (including phenoxy) is 4. The number of nitrogens with one attached hydrogen (secondary N) is 2. The van der Waals surface area contributed by atoms with Gasteiger partial charge in [-0.1, -0.05) is 35.5 Å². The van der Waals surface area contributed by atoms with Gasteiger partial charge >= 0.3 is 0 Å². The van der Waals surface area contributed by atoms with Gasteiger partial charge in [0.25, 0.3) is 17.7 Å². The van der Waals surface area contributed by atoms with Crippen LogP contribution in [0.25, 0.3) is 11.3 Å². The Bertz CT molecular complexity index is 2610. The Morgan fingerprint density at radius 3 is 2.29 bits per heavy atom. The Morgan fingerprint density at radius 2 is 1.54 bits per heavy atom. The molecule has 4 aliphatic heterocycles. The average molecular weight is 929 g/mol. The number of aromatic nitrogens is 5. The second-order valence-corrected chi connectivity index (χ2v) is 17.4. The van der Waals surface area contributed by atoms with Crippen LogP contribution >= 0.6 is 0 Å². The van der Waals surface area contributed by atoms with Crippen molar-refractivity contribution in [2.24, 2.45) is 11.7 Å². The van der Waals surface area contributed by atoms with Crippen LogP contribution in [0.15, 0.2) is 79.0 Å². The highest BCUT2D eigenvalue weighted by Gasteiger charge is 2.40. The van der Waals surface area contributed by atoms with E-state index in [0.717, 1.165) is 54.5 Å². The van der Waals surface area contributed by atoms with Gasteiger partial charge in [-0.3, -0.25) is 29.3 Å². The van der Waals surface area contributed by atoms with E-state index >= 15 is 0 Å². The predicted molar refractivity (Wildman–Crippen MR) is 247 cm³/mol. The average Bonchev–Trinajstić information content (AvgIpc) is 4.08. The van der Waals surface area contributed by atoms with Crippen molar-refractivity contribution in [3.8, 4) is 22.8 Å². The summed E-state index contributed by atoms with van der Waals surface area (Å²) in [5.74, 6) is 0.673. The molecule has 5 amide bonds. The molecule has 2 atom stereocenters. The van der Waals surface area contributed by atoms with Crippen molar-refractivity contribution in [3.63, 3.8) is 0 Å². The van der Waals surface area contributed by atoms with Crippen molar-refractivity contribution in [2.45, 2.75) is 70.1 Å². The summed E-state index contributed by atoms with van der Waals surface area (Å²) in [5, 5.41) is 19.0. The smallest absolute Gasteiger partial charge is 0.276 e. The minimum atomic E-state index is -0.632. The summed E-state index contributed by atoms with van der Waals surface area (Å²) in [6, 6.07) is 22.1. The number of anilines is 1. The Balaban J connectivity index is 0.654. The number of rotatable bonds is 20. The SMILES string of the molecule is NC(=O)c1c(-c2ccc(Oc3ccccc3)cc2)nn2c1NCC[C@H]2C1CCN(C(=O)c2cn(CCOCCOCCOCCCc3cccc4c3CN(C3CCC(=O)NC3=O)C4=O)nn2)CC1. The number of aryl methyl sites for hydroxylation is 1. The lowest BCUT2D eigenvalue weighted by molar-refractivity contribution is -0.136. The Morgan fingerprint density at radius 1 is 0.809 bits per heavy atom. The normalized spacial score (nSPS) is 18.3. The molecule has 19 heteroatoms. The largest absolute Gasteiger partial charge is 0.457 e. The number of hydrogen-bond acceptors (Lipinski definition) is 13. The molecular weight excluding hydrogens is 873 g/mol. The van der Waals surface area contributed by atoms with Crippen LogP contribution in [0, 0.1) is 5.92 Å². The fourth-order valence-corrected chi connectivity index (χ4v) is 9.58. The van der Waals surface area contributed by atoms with E-state index in [2.05, 4.69) is 20.9 Å². The molecule has 2 aromatic heterocycles. The number of carbonyl (C=O) groups is 5. The van der Waals surface area contributed by atoms with Gasteiger partial charge in [0.15, 0.2) is 5.69 Å². The third kappa shape index (κ3) is 10.4. The van der Waals surface area contributed by atoms with Gasteiger partial charge in [0.1, 0.15) is 34.6 Å². The first-order valence-corrected chi connectivity index (χ1v) is 23.4. The Labute approximate surface area is 393 Å². The molecule has 356 valence electrons. The van der Waals surface area contributed by atoms with Crippen molar-refractivity contribution in [1.82, 2.24) is 39.9 Å². The number of para-hydroxylation sites is 1. The summed E-state index contributed by atoms with van der Waals surface area (Å²) in [4.78, 5) is 66.8. The molecule has 4 N–H and O–H groups in total. The van der Waals surface area contributed by atoms with Crippen LogP contribution in [0.5, 0.6) is 11.5 Å². The van der Waals surface area contributed by atoms with Gasteiger partial charge in [-0.05, 0) is 98.0 Å². The maximum Gasteiger partial charge on any atom is 0.276 e. The highest BCUT2D eigenvalue weighted by molar-refractivity contribution is 6.06. The standard InChI is InChI=1S/C49H56N10O9/c50-45(61)43-44(34-11-13-36(14-12-34)68-35-8-2-1-3-9-35)54-59-40(17-20-51-46(43)59)33-18-21-56(22-19-33)49(64)39-31-57(55-53-39)23-25-66-27-29-67-28-26-65-24-5-7-32-6-4-10-37-38(32)30-58(48(37)63)41-15-16-42(60)52-47(41)62/h1-4,6,8-14,31,33,40-41,51H,5,7,15-30H2,(H2,50,61)(H,52,60,62)/t40-,41?/m0/s1. The van der Waals surface area contributed by atoms with Gasteiger partial charge in [-0.25, -0.2) is 9.36 Å². The van der Waals surface area contributed by atoms with E-state index in [1.807, 2.05) is 76.3 Å². The van der Waals surface area contributed by atoms with Crippen molar-refractivity contribution < 1.29 is 42.9 Å². The zero-order chi connectivity index (χ0) is 47.0. The molecule has 0 bridgehead atoms. The first-order chi connectivity index (χ1) is 33.2. The van der Waals surface area contributed by atoms with E-state index < -0.39 is 17.9 Å². The van der Waals surface area contributed by atoms with Gasteiger partial charge in [0.05, 0.1) is 51.8 Å². The lowest BCUT2D eigenvalue weighted by atomic mass is 9.86. The van der Waals surface area contributed by atoms with Gasteiger partial charge in [0, 0.05) is 50.3 Å². The van der Waals surface area contributed by atoms with Crippen molar-refractivity contribution >= 4 is 35.4 Å². The molecule has 9 rings (SSSR count). The van der Waals surface area contributed by atoms with Crippen molar-refractivity contribution in [1.29, 1.82) is 0 Å². The zero-order valence-corrected chi connectivity index (χ0v) is 37.8. The molecular formula is C49H56N10O9. The number of amides is 5. The van der Waals surface area contributed by atoms with Crippen LogP contribution in [0.1, 0.15) is 86.9 Å². The van der Waals surface area contributed by atoms with Gasteiger partial charge in [-0.15, -0.1) is 5.10 Å². The van der Waals surface area contributed by atoms with Crippen LogP contribution in [0.3, 0.4) is 0 Å². The second kappa shape index (κ2) is 21.3. The number of likely N-dealkylation sites (tertiary alicyclic amines) is 1. The monoisotopic (exact) mass is 928 g/mol. The minimum Gasteiger partial charge on any atom is -0.457 e. The third-order valence-corrected chi connectivity index (χ3v) is 13.1. The van der Waals surface area contributed by atoms with Crippen LogP contribution in [0.2, 0.25) is 0 Å². The van der Waals surface area contributed by atoms with E-state index in [1.165, 1.54) is 0 Å². The van der Waals surface area contributed by atoms with E-state index in [0.29, 0.717) is 107 Å². The van der Waals surface area contributed by atoms with E-state index in [4.69, 9.17) is 29.8 Å². The fraction of sp³-hybridized carbons (Fsp3) is 0.429. The number of carbonyl (C=O) groups excluding carboxylic acids is 5. The van der Waals surface area contributed by atoms with Crippen LogP contribution < -0.4 is 21.1 Å². The van der Waals surface area contributed by atoms with Crippen LogP contribution in [-0.2, 0) is 43.3 Å². The minimum absolute atomic E-state index is 0.0356. The highest BCUT2D eigenvalue weighted by Crippen LogP contribution is 2.40. The summed E-state index contributed by atoms with van der Waals surface area (Å²) < 4.78 is 26.7. The molecule has 0 radical (unpaired) electrons. The molecule has 19 nitrogen and oxygen atoms in total. The topological polar surface area (TPSA) is 227 Å². The number of benzene rings is 3. The molecule has 68 heavy (non-hydrogen) atoms. The van der Waals surface area contributed by atoms with Gasteiger partial charge < -0.3 is 39.8 Å². The molecule has 1 unspecified atom stereocenters. The van der Waals surface area contributed by atoms with Crippen LogP contribution in [0.4, 0.5) is 5.82 Å². The van der Waals surface area contributed by atoms with Gasteiger partial charge in [-0.2, -0.15) is 5.10 Å². The summed E-state index contributed by atoms with van der Waals surface area (Å²) in [7, 11) is 0. The molecule has 4 aliphatic rings. The fourth-order valence-electron chi connectivity index (χ4n) is 9.58. The molecule has 2 saturated heterocycles. The molecule has 0 aliphatic carbocycles. The third-order valence-electron chi connectivity index (χ3n) is 13.1. The summed E-state index contributed by atoms with van der Waals surface area (Å²) >= 11 is 0. The molecule has 0 saturated carbocycles. The van der Waals surface area contributed by atoms with E-state index in [1.54, 1.807) is 21.8 Å². The number of fused-ring (bicyclic) bond motifs is 2. The number of nitrogens with zero attached hydrogens (tertiary/aromatic N) is 7. The van der Waals surface area contributed by atoms with Crippen molar-refractivity contribution in [2.75, 3.05) is 64.6 Å². The number of piperidine rings is 2. The van der Waals surface area contributed by atoms with Crippen LogP contribution in [-0.4, -0.2) is 129 Å². The molecule has 5 aromatic rings. The quantitative estimate of drug-likeness (QED) is 0.0728. The number of imide groups is 1. The molecule has 3 aromatic carbocycles. The maximum atomic E-state index is 13.5. The number of hydrogen-bond donors (Lipinski definition) is 3. The Kier molecular flexibility index (Phi) is 14.5. The lowest BCUT2D eigenvalue weighted by Crippen LogP contribution is -2.52. The van der Waals surface area contributed by atoms with Gasteiger partial charge in [0.2, 0.25) is 11.8 Å². The number of nitrogens with two attached hydrogens (primary N) is 1. The second-order valence-electron chi connectivity index (χ2n) is 17.4. The lowest BCUT2D eigenvalue weighted by Gasteiger charge is -2.38.